The van der Waals surface area contributed by atoms with Gasteiger partial charge in [0.25, 0.3) is 0 Å². The zero-order valence-electron chi connectivity index (χ0n) is 37.0. The second-order valence-corrected chi connectivity index (χ2v) is 18.5. The molecule has 0 aliphatic carbocycles. The van der Waals surface area contributed by atoms with Crippen molar-refractivity contribution in [2.45, 2.75) is 86.4 Å². The van der Waals surface area contributed by atoms with Gasteiger partial charge in [0.2, 0.25) is 0 Å². The van der Waals surface area contributed by atoms with Gasteiger partial charge in [0.05, 0.1) is 68.5 Å². The maximum absolute atomic E-state index is 11.9. The molecule has 0 atom stereocenters. The second-order valence-electron chi connectivity index (χ2n) is 16.4. The molecule has 0 aromatic carbocycles. The van der Waals surface area contributed by atoms with Crippen LogP contribution in [0.25, 0.3) is 55.0 Å². The van der Waals surface area contributed by atoms with E-state index in [-0.39, 0.29) is 19.5 Å². The Morgan fingerprint density at radius 1 is 0.727 bits per heavy atom. The molecule has 8 heterocycles. The van der Waals surface area contributed by atoms with Crippen LogP contribution in [0.5, 0.6) is 0 Å². The van der Waals surface area contributed by atoms with E-state index in [0.717, 1.165) is 76.3 Å². The Bertz CT molecular complexity index is 3040. The summed E-state index contributed by atoms with van der Waals surface area (Å²) in [6.45, 7) is 14.7. The molecule has 20 heteroatoms. The fourth-order valence-corrected chi connectivity index (χ4v) is 8.28. The number of amides is 1. The predicted octanol–water partition coefficient (Wildman–Crippen LogP) is 8.42. The normalized spacial score (nSPS) is 11.2. The Labute approximate surface area is 390 Å². The molecule has 66 heavy (non-hydrogen) atoms. The maximum atomic E-state index is 11.9. The first-order chi connectivity index (χ1) is 31.2. The average molecular weight is 925 g/mol. The van der Waals surface area contributed by atoms with Gasteiger partial charge in [0.1, 0.15) is 27.8 Å². The van der Waals surface area contributed by atoms with Crippen LogP contribution < -0.4 is 21.7 Å². The highest BCUT2D eigenvalue weighted by Gasteiger charge is 2.19. The summed E-state index contributed by atoms with van der Waals surface area (Å²) in [4.78, 5) is 21.2. The number of hydrogen-bond donors (Lipinski definition) is 4. The van der Waals surface area contributed by atoms with Crippen LogP contribution in [0.15, 0.2) is 73.3 Å². The van der Waals surface area contributed by atoms with Crippen LogP contribution in [-0.4, -0.2) is 86.5 Å². The van der Waals surface area contributed by atoms with Gasteiger partial charge in [0, 0.05) is 55.2 Å². The molecule has 8 aromatic rings. The van der Waals surface area contributed by atoms with Crippen LogP contribution in [0.2, 0.25) is 0 Å². The number of anilines is 2. The van der Waals surface area contributed by atoms with Crippen molar-refractivity contribution >= 4 is 51.2 Å². The molecule has 8 aromatic heterocycles. The minimum Gasteiger partial charge on any atom is -0.444 e. The second kappa shape index (κ2) is 21.1. The van der Waals surface area contributed by atoms with Crippen LogP contribution in [0.4, 0.5) is 16.2 Å². The van der Waals surface area contributed by atoms with Crippen LogP contribution >= 0.6 is 22.7 Å². The van der Waals surface area contributed by atoms with Crippen molar-refractivity contribution in [1.29, 1.82) is 10.5 Å². The lowest BCUT2D eigenvalue weighted by atomic mass is 10.1. The molecule has 0 aliphatic heterocycles. The summed E-state index contributed by atoms with van der Waals surface area (Å²) in [7, 11) is 0. The average Bonchev–Trinajstić information content (AvgIpc) is 4.10. The summed E-state index contributed by atoms with van der Waals surface area (Å²) in [5.41, 5.74) is 14.5. The topological polar surface area (TPSA) is 248 Å². The quantitative estimate of drug-likeness (QED) is 0.0847. The molecule has 0 fully saturated rings. The van der Waals surface area contributed by atoms with Gasteiger partial charge >= 0.3 is 6.09 Å². The number of nitrogens with one attached hydrogen (secondary N) is 3. The van der Waals surface area contributed by atoms with Crippen molar-refractivity contribution < 1.29 is 9.53 Å². The number of aromatic nitrogens is 10. The largest absolute Gasteiger partial charge is 0.444 e. The lowest BCUT2D eigenvalue weighted by Gasteiger charge is -2.19. The number of alkyl carbamates (subject to hydrolysis) is 1. The SMILES string of the molecule is C.CC(C)Nc1cc(-c2ccc3cc(C#N)cnn23)ncc1-c1nnc(CCN)s1.CC(C)Nc1cc(-c2ccc3cc(C#N)cnn23)ncc1-c1nnc(CCNC(=O)OC(C)(C)C)s1. The van der Waals surface area contributed by atoms with Crippen molar-refractivity contribution in [2.24, 2.45) is 5.73 Å². The van der Waals surface area contributed by atoms with E-state index in [4.69, 9.17) is 21.0 Å². The molecule has 1 amide bonds. The summed E-state index contributed by atoms with van der Waals surface area (Å²) >= 11 is 2.99. The minimum absolute atomic E-state index is 0. The molecular formula is C46H52N16O2S2. The van der Waals surface area contributed by atoms with E-state index in [1.54, 1.807) is 39.8 Å². The zero-order valence-corrected chi connectivity index (χ0v) is 38.6. The first-order valence-electron chi connectivity index (χ1n) is 20.8. The van der Waals surface area contributed by atoms with E-state index in [1.807, 2.05) is 63.4 Å². The Balaban J connectivity index is 0.000000220. The van der Waals surface area contributed by atoms with E-state index in [0.29, 0.717) is 37.1 Å². The highest BCUT2D eigenvalue weighted by atomic mass is 32.1. The smallest absolute Gasteiger partial charge is 0.407 e. The van der Waals surface area contributed by atoms with Gasteiger partial charge in [-0.25, -0.2) is 13.8 Å². The first kappa shape index (κ1) is 48.1. The Kier molecular flexibility index (Phi) is 15.3. The monoisotopic (exact) mass is 924 g/mol. The number of pyridine rings is 2. The van der Waals surface area contributed by atoms with Crippen molar-refractivity contribution in [3.63, 3.8) is 0 Å². The van der Waals surface area contributed by atoms with Crippen molar-refractivity contribution in [1.82, 2.24) is 54.9 Å². The van der Waals surface area contributed by atoms with Gasteiger partial charge in [-0.1, -0.05) is 30.1 Å². The van der Waals surface area contributed by atoms with E-state index in [2.05, 4.69) is 96.3 Å². The molecule has 0 saturated carbocycles. The number of nitrogens with zero attached hydrogens (tertiary/aromatic N) is 12. The maximum Gasteiger partial charge on any atom is 0.407 e. The van der Waals surface area contributed by atoms with Gasteiger partial charge < -0.3 is 26.4 Å². The number of nitrogens with two attached hydrogens (primary N) is 1. The van der Waals surface area contributed by atoms with Gasteiger partial charge in [-0.2, -0.15) is 20.7 Å². The zero-order chi connectivity index (χ0) is 46.3. The molecule has 0 bridgehead atoms. The number of carbonyl (C=O) groups excluding carboxylic acids is 1. The van der Waals surface area contributed by atoms with Crippen molar-refractivity contribution in [3.05, 3.63) is 94.5 Å². The van der Waals surface area contributed by atoms with Gasteiger partial charge in [-0.3, -0.25) is 9.97 Å². The van der Waals surface area contributed by atoms with Crippen LogP contribution in [0.3, 0.4) is 0 Å². The summed E-state index contributed by atoms with van der Waals surface area (Å²) in [6, 6.07) is 20.0. The lowest BCUT2D eigenvalue weighted by molar-refractivity contribution is 0.0528. The Morgan fingerprint density at radius 2 is 1.20 bits per heavy atom. The van der Waals surface area contributed by atoms with Crippen molar-refractivity contribution in [3.8, 4) is 56.1 Å². The van der Waals surface area contributed by atoms with Gasteiger partial charge in [-0.05, 0) is 104 Å². The third-order valence-corrected chi connectivity index (χ3v) is 11.3. The van der Waals surface area contributed by atoms with E-state index in [9.17, 15) is 4.79 Å². The Morgan fingerprint density at radius 3 is 1.62 bits per heavy atom. The van der Waals surface area contributed by atoms with E-state index >= 15 is 0 Å². The first-order valence-corrected chi connectivity index (χ1v) is 22.5. The molecular weight excluding hydrogens is 873 g/mol. The van der Waals surface area contributed by atoms with Gasteiger partial charge in [0.15, 0.2) is 10.0 Å². The number of rotatable bonds is 13. The molecule has 0 unspecified atom stereocenters. The fraction of sp³-hybridized carbons (Fsp3) is 0.326. The van der Waals surface area contributed by atoms with Crippen molar-refractivity contribution in [2.75, 3.05) is 23.7 Å². The van der Waals surface area contributed by atoms with Crippen LogP contribution in [-0.2, 0) is 17.6 Å². The highest BCUT2D eigenvalue weighted by molar-refractivity contribution is 7.15. The molecule has 0 spiro atoms. The minimum atomic E-state index is -0.540. The summed E-state index contributed by atoms with van der Waals surface area (Å²) < 4.78 is 8.81. The lowest BCUT2D eigenvalue weighted by Crippen LogP contribution is -2.33. The van der Waals surface area contributed by atoms with Gasteiger partial charge in [-0.15, -0.1) is 20.4 Å². The number of fused-ring (bicyclic) bond motifs is 2. The molecule has 0 aliphatic rings. The van der Waals surface area contributed by atoms with Crippen LogP contribution in [0, 0.1) is 22.7 Å². The van der Waals surface area contributed by atoms with E-state index in [1.165, 1.54) is 22.7 Å². The number of hydrogen-bond acceptors (Lipinski definition) is 17. The molecule has 0 saturated heterocycles. The molecule has 0 radical (unpaired) electrons. The number of carbonyl (C=O) groups is 1. The third-order valence-electron chi connectivity index (χ3n) is 9.24. The van der Waals surface area contributed by atoms with E-state index < -0.39 is 11.7 Å². The van der Waals surface area contributed by atoms with Crippen LogP contribution in [0.1, 0.15) is 77.0 Å². The molecule has 5 N–H and O–H groups in total. The molecule has 8 rings (SSSR count). The summed E-state index contributed by atoms with van der Waals surface area (Å²) in [5, 5.41) is 57.2. The number of ether oxygens (including phenoxy) is 1. The third kappa shape index (κ3) is 11.6. The standard InChI is InChI=1S/C25H28N8O2S.C20H20N8S.CH4/c1-15(2)30-19-11-20(21-7-6-17-10-16(12-26)13-29-33(17)21)28-14-18(19)23-32-31-22(36-23)8-9-27-24(34)35-25(3,4)5;1-12(2)25-16-8-17(18-4-3-14-7-13(9-22)10-24-28(14)18)23-11-15(16)20-27-26-19(29-20)5-6-21;/h6-7,10-11,13-15H,8-9H2,1-5H3,(H,27,34)(H,28,30);3-4,7-8,10-12H,5-6,21H2,1-2H3,(H,23,25);1H4. The molecule has 18 nitrogen and oxygen atoms in total. The summed E-state index contributed by atoms with van der Waals surface area (Å²) in [5.74, 6) is 0. The number of nitriles is 2. The predicted molar refractivity (Wildman–Crippen MR) is 259 cm³/mol. The molecule has 340 valence electrons. The Hall–Kier alpha value is -7.39. The highest BCUT2D eigenvalue weighted by Crippen LogP contribution is 2.35. The fourth-order valence-electron chi connectivity index (χ4n) is 6.54. The summed E-state index contributed by atoms with van der Waals surface area (Å²) in [6.07, 6.45) is 7.50.